The highest BCUT2D eigenvalue weighted by Gasteiger charge is 2.65. The summed E-state index contributed by atoms with van der Waals surface area (Å²) in [6.07, 6.45) is 8.96. The van der Waals surface area contributed by atoms with Crippen LogP contribution in [-0.2, 0) is 0 Å². The predicted molar refractivity (Wildman–Crippen MR) is 110 cm³/mol. The second-order valence-electron chi connectivity index (χ2n) is 8.03. The fourth-order valence-electron chi connectivity index (χ4n) is 5.24. The lowest BCUT2D eigenvalue weighted by atomic mass is 10.0. The smallest absolute Gasteiger partial charge is 0.241 e. The van der Waals surface area contributed by atoms with Gasteiger partial charge in [0.05, 0.1) is 22.7 Å². The summed E-state index contributed by atoms with van der Waals surface area (Å²) in [5.74, 6) is -0.351. The van der Waals surface area contributed by atoms with Crippen LogP contribution in [0.4, 0.5) is 22.7 Å². The summed E-state index contributed by atoms with van der Waals surface area (Å²) in [7, 11) is 4.36. The molecule has 2 aromatic rings. The summed E-state index contributed by atoms with van der Waals surface area (Å²) in [5.41, 5.74) is 7.61. The zero-order valence-electron chi connectivity index (χ0n) is 16.1. The van der Waals surface area contributed by atoms with Gasteiger partial charge in [-0.25, -0.2) is 0 Å². The zero-order valence-corrected chi connectivity index (χ0v) is 16.1. The highest BCUT2D eigenvalue weighted by molar-refractivity contribution is 5.94. The van der Waals surface area contributed by atoms with Crippen LogP contribution in [-0.4, -0.2) is 35.8 Å². The number of rotatable bonds is 0. The molecule has 1 spiro atoms. The normalized spacial score (nSPS) is 26.4. The lowest BCUT2D eigenvalue weighted by Gasteiger charge is -2.56. The van der Waals surface area contributed by atoms with Gasteiger partial charge >= 0.3 is 0 Å². The molecule has 0 amide bonds. The third-order valence-electron chi connectivity index (χ3n) is 6.38. The number of hydrogen-bond donors (Lipinski definition) is 0. The van der Waals surface area contributed by atoms with E-state index in [0.29, 0.717) is 0 Å². The first-order valence-electron chi connectivity index (χ1n) is 9.44. The Hall–Kier alpha value is -3.08. The molecule has 4 aliphatic heterocycles. The number of likely N-dealkylation sites (N-methyl/N-ethyl adjacent to an activating group) is 2. The molecule has 0 aliphatic carbocycles. The highest BCUT2D eigenvalue weighted by atomic mass is 15.7. The van der Waals surface area contributed by atoms with Gasteiger partial charge in [0.2, 0.25) is 5.79 Å². The van der Waals surface area contributed by atoms with Crippen molar-refractivity contribution in [1.82, 2.24) is 9.80 Å². The Labute approximate surface area is 160 Å². The lowest BCUT2D eigenvalue weighted by molar-refractivity contribution is 0.107. The Kier molecular flexibility index (Phi) is 2.56. The molecule has 4 heterocycles. The molecule has 27 heavy (non-hydrogen) atoms. The Bertz CT molecular complexity index is 1040. The molecule has 0 radical (unpaired) electrons. The molecule has 2 aromatic carbocycles. The van der Waals surface area contributed by atoms with E-state index >= 15 is 0 Å². The van der Waals surface area contributed by atoms with E-state index in [1.54, 1.807) is 0 Å². The molecular formula is C22H23N5. The Balaban J connectivity index is 1.72. The van der Waals surface area contributed by atoms with E-state index in [0.717, 1.165) is 0 Å². The fourth-order valence-corrected chi connectivity index (χ4v) is 5.24. The van der Waals surface area contributed by atoms with Crippen LogP contribution < -0.4 is 14.7 Å². The molecule has 0 unspecified atom stereocenters. The van der Waals surface area contributed by atoms with Crippen LogP contribution in [0.3, 0.4) is 0 Å². The van der Waals surface area contributed by atoms with Crippen LogP contribution in [0, 0.1) is 13.8 Å². The Morgan fingerprint density at radius 2 is 1.41 bits per heavy atom. The van der Waals surface area contributed by atoms with Crippen molar-refractivity contribution in [3.63, 3.8) is 0 Å². The van der Waals surface area contributed by atoms with Crippen molar-refractivity contribution in [2.75, 3.05) is 28.8 Å². The predicted octanol–water partition coefficient (Wildman–Crippen LogP) is 3.89. The van der Waals surface area contributed by atoms with Crippen molar-refractivity contribution in [1.29, 1.82) is 0 Å². The molecule has 2 atom stereocenters. The van der Waals surface area contributed by atoms with Crippen molar-refractivity contribution in [2.24, 2.45) is 0 Å². The van der Waals surface area contributed by atoms with E-state index in [4.69, 9.17) is 0 Å². The fraction of sp³-hybridized carbons (Fsp3) is 0.273. The van der Waals surface area contributed by atoms with Crippen molar-refractivity contribution in [3.05, 3.63) is 72.3 Å². The minimum atomic E-state index is -0.351. The maximum Gasteiger partial charge on any atom is 0.241 e. The summed E-state index contributed by atoms with van der Waals surface area (Å²) in [6.45, 7) is 4.33. The summed E-state index contributed by atoms with van der Waals surface area (Å²) >= 11 is 0. The van der Waals surface area contributed by atoms with Crippen LogP contribution in [0.25, 0.3) is 0 Å². The molecule has 0 bridgehead atoms. The van der Waals surface area contributed by atoms with Crippen molar-refractivity contribution in [2.45, 2.75) is 25.8 Å². The summed E-state index contributed by atoms with van der Waals surface area (Å²) in [6, 6.07) is 13.6. The molecule has 5 nitrogen and oxygen atoms in total. The van der Waals surface area contributed by atoms with Crippen molar-refractivity contribution in [3.8, 4) is 0 Å². The van der Waals surface area contributed by atoms with Gasteiger partial charge in [-0.3, -0.25) is 4.90 Å². The third-order valence-corrected chi connectivity index (χ3v) is 6.38. The topological polar surface area (TPSA) is 16.2 Å². The van der Waals surface area contributed by atoms with E-state index in [1.165, 1.54) is 33.9 Å². The molecule has 0 saturated heterocycles. The molecular weight excluding hydrogens is 334 g/mol. The summed E-state index contributed by atoms with van der Waals surface area (Å²) < 4.78 is 0. The standard InChI is InChI=1S/C22H23N5/c1-15-5-7-17-19(13-15)25-11-9-23(3)21(25)22-24(4)10-12-26(22)20-14-16(2)6-8-18(20)27(17)22/h5-14,21H,1-4H3/t21-,22+/m1/s1. The number of benzene rings is 2. The summed E-state index contributed by atoms with van der Waals surface area (Å²) in [5, 5.41) is 0. The molecule has 5 heteroatoms. The van der Waals surface area contributed by atoms with Gasteiger partial charge in [0.1, 0.15) is 0 Å². The molecule has 0 N–H and O–H groups in total. The molecule has 4 aliphatic rings. The number of aryl methyl sites for hydroxylation is 2. The van der Waals surface area contributed by atoms with Gasteiger partial charge in [-0.15, -0.1) is 0 Å². The monoisotopic (exact) mass is 357 g/mol. The van der Waals surface area contributed by atoms with Gasteiger partial charge in [-0.1, -0.05) is 12.1 Å². The first kappa shape index (κ1) is 15.0. The Morgan fingerprint density at radius 3 is 2.15 bits per heavy atom. The second kappa shape index (κ2) is 4.60. The molecule has 6 rings (SSSR count). The first-order chi connectivity index (χ1) is 13.0. The molecule has 0 fully saturated rings. The van der Waals surface area contributed by atoms with Crippen LogP contribution in [0.2, 0.25) is 0 Å². The maximum atomic E-state index is 2.53. The minimum absolute atomic E-state index is 0.138. The maximum absolute atomic E-state index is 2.53. The number of hydrogen-bond acceptors (Lipinski definition) is 5. The lowest BCUT2D eigenvalue weighted by Crippen LogP contribution is -2.74. The SMILES string of the molecule is Cc1ccc2c(c1)N1C=CN(C)[C@H]1[C@]13N(C)C=CN1c1cc(C)ccc1N23. The average Bonchev–Trinajstić information content (AvgIpc) is 3.26. The number of fused-ring (bicyclic) bond motifs is 7. The van der Waals surface area contributed by atoms with E-state index in [1.807, 2.05) is 0 Å². The van der Waals surface area contributed by atoms with Crippen LogP contribution >= 0.6 is 0 Å². The number of nitrogens with zero attached hydrogens (tertiary/aromatic N) is 5. The third kappa shape index (κ3) is 1.53. The molecule has 0 aromatic heterocycles. The van der Waals surface area contributed by atoms with E-state index < -0.39 is 0 Å². The highest BCUT2D eigenvalue weighted by Crippen LogP contribution is 2.60. The Morgan fingerprint density at radius 1 is 0.741 bits per heavy atom. The van der Waals surface area contributed by atoms with Crippen LogP contribution in [0.1, 0.15) is 11.1 Å². The van der Waals surface area contributed by atoms with Gasteiger partial charge in [0.25, 0.3) is 0 Å². The number of anilines is 4. The quantitative estimate of drug-likeness (QED) is 0.709. The van der Waals surface area contributed by atoms with Crippen LogP contribution in [0.15, 0.2) is 61.2 Å². The van der Waals surface area contributed by atoms with Gasteiger partial charge in [-0.05, 0) is 49.2 Å². The van der Waals surface area contributed by atoms with Gasteiger partial charge in [0.15, 0.2) is 6.17 Å². The summed E-state index contributed by atoms with van der Waals surface area (Å²) in [4.78, 5) is 12.1. The largest absolute Gasteiger partial charge is 0.354 e. The van der Waals surface area contributed by atoms with Gasteiger partial charge < -0.3 is 19.6 Å². The first-order valence-corrected chi connectivity index (χ1v) is 9.44. The molecule has 136 valence electrons. The van der Waals surface area contributed by atoms with E-state index in [-0.39, 0.29) is 12.0 Å². The van der Waals surface area contributed by atoms with E-state index in [2.05, 4.69) is 114 Å². The van der Waals surface area contributed by atoms with E-state index in [9.17, 15) is 0 Å². The van der Waals surface area contributed by atoms with Crippen molar-refractivity contribution < 1.29 is 0 Å². The molecule has 0 saturated carbocycles. The average molecular weight is 357 g/mol. The minimum Gasteiger partial charge on any atom is -0.354 e. The van der Waals surface area contributed by atoms with Gasteiger partial charge in [0, 0.05) is 38.9 Å². The zero-order chi connectivity index (χ0) is 18.5. The van der Waals surface area contributed by atoms with Crippen LogP contribution in [0.5, 0.6) is 0 Å². The van der Waals surface area contributed by atoms with Crippen molar-refractivity contribution >= 4 is 22.7 Å². The van der Waals surface area contributed by atoms with Gasteiger partial charge in [-0.2, -0.15) is 0 Å². The second-order valence-corrected chi connectivity index (χ2v) is 8.03.